The topological polar surface area (TPSA) is 38.3 Å². The van der Waals surface area contributed by atoms with Gasteiger partial charge in [-0.2, -0.15) is 0 Å². The summed E-state index contributed by atoms with van der Waals surface area (Å²) in [7, 11) is 0. The van der Waals surface area contributed by atoms with Gasteiger partial charge in [-0.25, -0.2) is 4.79 Å². The molecular weight excluding hydrogens is 262 g/mol. The van der Waals surface area contributed by atoms with Crippen molar-refractivity contribution in [1.29, 1.82) is 0 Å². The predicted octanol–water partition coefficient (Wildman–Crippen LogP) is 4.02. The molecule has 2 rings (SSSR count). The zero-order valence-corrected chi connectivity index (χ0v) is 12.7. The number of nitrogens with one attached hydrogen (secondary N) is 1. The average molecular weight is 283 g/mol. The number of hydrogen-bond acceptors (Lipinski definition) is 3. The van der Waals surface area contributed by atoms with Crippen molar-refractivity contribution in [3.63, 3.8) is 0 Å². The molecule has 0 radical (unpaired) electrons. The largest absolute Gasteiger partial charge is 0.464 e. The summed E-state index contributed by atoms with van der Waals surface area (Å²) in [4.78, 5) is 12.3. The second-order valence-electron chi connectivity index (χ2n) is 5.11. The Hall–Kier alpha value is -2.29. The summed E-state index contributed by atoms with van der Waals surface area (Å²) in [5, 5.41) is 3.27. The van der Waals surface area contributed by atoms with Gasteiger partial charge in [0.15, 0.2) is 6.04 Å². The van der Waals surface area contributed by atoms with Gasteiger partial charge in [0.1, 0.15) is 0 Å². The number of ether oxygens (including phenoxy) is 1. The van der Waals surface area contributed by atoms with Gasteiger partial charge in [-0.1, -0.05) is 42.0 Å². The zero-order chi connectivity index (χ0) is 15.2. The predicted molar refractivity (Wildman–Crippen MR) is 85.4 cm³/mol. The number of anilines is 1. The van der Waals surface area contributed by atoms with Gasteiger partial charge in [-0.05, 0) is 44.0 Å². The summed E-state index contributed by atoms with van der Waals surface area (Å²) in [6, 6.07) is 15.4. The summed E-state index contributed by atoms with van der Waals surface area (Å²) in [6.07, 6.45) is 0. The van der Waals surface area contributed by atoms with E-state index in [0.29, 0.717) is 6.61 Å². The third-order valence-corrected chi connectivity index (χ3v) is 3.23. The lowest BCUT2D eigenvalue weighted by Gasteiger charge is -2.19. The maximum atomic E-state index is 12.3. The van der Waals surface area contributed by atoms with Gasteiger partial charge >= 0.3 is 5.97 Å². The molecule has 2 aromatic rings. The molecule has 0 aliphatic carbocycles. The van der Waals surface area contributed by atoms with Crippen molar-refractivity contribution < 1.29 is 9.53 Å². The van der Waals surface area contributed by atoms with Gasteiger partial charge < -0.3 is 10.1 Å². The normalized spacial score (nSPS) is 11.8. The zero-order valence-electron chi connectivity index (χ0n) is 12.7. The van der Waals surface area contributed by atoms with Crippen LogP contribution in [0.1, 0.15) is 29.7 Å². The van der Waals surface area contributed by atoms with Crippen molar-refractivity contribution in [2.75, 3.05) is 11.9 Å². The van der Waals surface area contributed by atoms with Crippen LogP contribution >= 0.6 is 0 Å². The van der Waals surface area contributed by atoms with E-state index in [2.05, 4.69) is 5.32 Å². The first kappa shape index (κ1) is 15.1. The van der Waals surface area contributed by atoms with Crippen LogP contribution < -0.4 is 5.32 Å². The van der Waals surface area contributed by atoms with E-state index in [-0.39, 0.29) is 5.97 Å². The maximum Gasteiger partial charge on any atom is 0.333 e. The molecule has 0 bridgehead atoms. The van der Waals surface area contributed by atoms with Crippen LogP contribution in [0.15, 0.2) is 48.5 Å². The smallest absolute Gasteiger partial charge is 0.333 e. The number of hydrogen-bond donors (Lipinski definition) is 1. The lowest BCUT2D eigenvalue weighted by atomic mass is 10.0. The number of benzene rings is 2. The molecule has 0 amide bonds. The Balaban J connectivity index is 2.30. The molecule has 0 heterocycles. The molecule has 1 atom stereocenters. The molecule has 0 saturated heterocycles. The van der Waals surface area contributed by atoms with E-state index < -0.39 is 6.04 Å². The number of carbonyl (C=O) groups excluding carboxylic acids is 1. The summed E-state index contributed by atoms with van der Waals surface area (Å²) >= 11 is 0. The minimum absolute atomic E-state index is 0.260. The molecule has 0 fully saturated rings. The molecule has 3 nitrogen and oxygen atoms in total. The quantitative estimate of drug-likeness (QED) is 0.842. The first-order valence-corrected chi connectivity index (χ1v) is 7.16. The summed E-state index contributed by atoms with van der Waals surface area (Å²) in [6.45, 7) is 6.23. The molecule has 0 saturated carbocycles. The molecule has 0 aliphatic heterocycles. The number of aryl methyl sites for hydroxylation is 2. The Morgan fingerprint density at radius 2 is 1.76 bits per heavy atom. The van der Waals surface area contributed by atoms with Crippen molar-refractivity contribution in [3.05, 3.63) is 65.2 Å². The van der Waals surface area contributed by atoms with Crippen molar-refractivity contribution >= 4 is 11.7 Å². The molecule has 0 spiro atoms. The highest BCUT2D eigenvalue weighted by atomic mass is 16.5. The molecule has 0 aromatic heterocycles. The van der Waals surface area contributed by atoms with E-state index in [1.54, 1.807) is 0 Å². The second kappa shape index (κ2) is 6.93. The van der Waals surface area contributed by atoms with Crippen molar-refractivity contribution in [2.45, 2.75) is 26.8 Å². The summed E-state index contributed by atoms with van der Waals surface area (Å²) < 4.78 is 5.20. The molecule has 110 valence electrons. The summed E-state index contributed by atoms with van der Waals surface area (Å²) in [5.41, 5.74) is 4.09. The van der Waals surface area contributed by atoms with E-state index in [1.165, 1.54) is 0 Å². The van der Waals surface area contributed by atoms with Gasteiger partial charge in [0.25, 0.3) is 0 Å². The Morgan fingerprint density at radius 3 is 2.38 bits per heavy atom. The highest BCUT2D eigenvalue weighted by Gasteiger charge is 2.21. The lowest BCUT2D eigenvalue weighted by molar-refractivity contribution is -0.144. The Bertz CT molecular complexity index is 622. The third-order valence-electron chi connectivity index (χ3n) is 3.23. The highest BCUT2D eigenvalue weighted by Crippen LogP contribution is 2.22. The minimum atomic E-state index is -0.494. The average Bonchev–Trinajstić information content (AvgIpc) is 2.45. The van der Waals surface area contributed by atoms with Crippen LogP contribution in [0.5, 0.6) is 0 Å². The van der Waals surface area contributed by atoms with E-state index in [0.717, 1.165) is 22.4 Å². The van der Waals surface area contributed by atoms with Crippen molar-refractivity contribution in [2.24, 2.45) is 0 Å². The maximum absolute atomic E-state index is 12.3. The molecule has 1 unspecified atom stereocenters. The monoisotopic (exact) mass is 283 g/mol. The van der Waals surface area contributed by atoms with Crippen LogP contribution in [0.2, 0.25) is 0 Å². The molecule has 1 N–H and O–H groups in total. The van der Waals surface area contributed by atoms with Crippen LogP contribution in [-0.4, -0.2) is 12.6 Å². The van der Waals surface area contributed by atoms with Crippen LogP contribution in [0.25, 0.3) is 0 Å². The summed E-state index contributed by atoms with van der Waals surface area (Å²) in [5.74, 6) is -0.260. The minimum Gasteiger partial charge on any atom is -0.464 e. The Morgan fingerprint density at radius 1 is 1.10 bits per heavy atom. The van der Waals surface area contributed by atoms with E-state index in [1.807, 2.05) is 69.3 Å². The van der Waals surface area contributed by atoms with Gasteiger partial charge in [0.2, 0.25) is 0 Å². The fraction of sp³-hybridized carbons (Fsp3) is 0.278. The SMILES string of the molecule is CCOC(=O)C(Nc1cccc(C)c1)c1cccc(C)c1. The van der Waals surface area contributed by atoms with Crippen molar-refractivity contribution in [1.82, 2.24) is 0 Å². The molecule has 21 heavy (non-hydrogen) atoms. The van der Waals surface area contributed by atoms with Gasteiger partial charge in [-0.3, -0.25) is 0 Å². The first-order chi connectivity index (χ1) is 10.1. The second-order valence-corrected chi connectivity index (χ2v) is 5.11. The van der Waals surface area contributed by atoms with Crippen LogP contribution in [0.3, 0.4) is 0 Å². The first-order valence-electron chi connectivity index (χ1n) is 7.16. The van der Waals surface area contributed by atoms with Crippen LogP contribution in [0.4, 0.5) is 5.69 Å². The van der Waals surface area contributed by atoms with Crippen molar-refractivity contribution in [3.8, 4) is 0 Å². The molecule has 0 aliphatic rings. The molecule has 3 heteroatoms. The third kappa shape index (κ3) is 4.09. The number of esters is 1. The fourth-order valence-electron chi connectivity index (χ4n) is 2.26. The van der Waals surface area contributed by atoms with E-state index in [4.69, 9.17) is 4.74 Å². The molecular formula is C18H21NO2. The Kier molecular flexibility index (Phi) is 4.99. The van der Waals surface area contributed by atoms with Crippen LogP contribution in [-0.2, 0) is 9.53 Å². The van der Waals surface area contributed by atoms with Gasteiger partial charge in [0.05, 0.1) is 6.61 Å². The fourth-order valence-corrected chi connectivity index (χ4v) is 2.26. The van der Waals surface area contributed by atoms with Crippen LogP contribution in [0, 0.1) is 13.8 Å². The highest BCUT2D eigenvalue weighted by molar-refractivity contribution is 5.81. The molecule has 2 aromatic carbocycles. The number of rotatable bonds is 5. The Labute approximate surface area is 126 Å². The van der Waals surface area contributed by atoms with E-state index >= 15 is 0 Å². The van der Waals surface area contributed by atoms with Gasteiger partial charge in [-0.15, -0.1) is 0 Å². The lowest BCUT2D eigenvalue weighted by Crippen LogP contribution is -2.23. The number of carbonyl (C=O) groups is 1. The van der Waals surface area contributed by atoms with E-state index in [9.17, 15) is 4.79 Å². The van der Waals surface area contributed by atoms with Gasteiger partial charge in [0, 0.05) is 5.69 Å². The standard InChI is InChI=1S/C18H21NO2/c1-4-21-18(20)17(15-9-5-7-13(2)11-15)19-16-10-6-8-14(3)12-16/h5-12,17,19H,4H2,1-3H3.